The third kappa shape index (κ3) is 5.61. The number of piperidine rings is 1. The van der Waals surface area contributed by atoms with Crippen molar-refractivity contribution in [1.29, 1.82) is 0 Å². The number of hydrogen-bond acceptors (Lipinski definition) is 5. The fraction of sp³-hybridized carbons (Fsp3) is 0.294. The molecule has 1 fully saturated rings. The summed E-state index contributed by atoms with van der Waals surface area (Å²) in [4.78, 5) is 28.9. The van der Waals surface area contributed by atoms with Crippen LogP contribution in [0.1, 0.15) is 59.0 Å². The zero-order valence-corrected chi connectivity index (χ0v) is 26.5. The number of anilines is 1. The summed E-state index contributed by atoms with van der Waals surface area (Å²) in [6.45, 7) is 4.66. The van der Waals surface area contributed by atoms with Gasteiger partial charge < -0.3 is 19.2 Å². The predicted molar refractivity (Wildman–Crippen MR) is 174 cm³/mol. The minimum atomic E-state index is -3.72. The maximum atomic E-state index is 14.6. The maximum Gasteiger partial charge on any atom is 0.270 e. The van der Waals surface area contributed by atoms with E-state index in [0.717, 1.165) is 0 Å². The number of aromatic nitrogens is 1. The van der Waals surface area contributed by atoms with E-state index in [2.05, 4.69) is 10.0 Å². The molecule has 3 heterocycles. The summed E-state index contributed by atoms with van der Waals surface area (Å²) in [5.41, 5.74) is 2.90. The number of benzene rings is 3. The Kier molecular flexibility index (Phi) is 8.32. The summed E-state index contributed by atoms with van der Waals surface area (Å²) in [6.07, 6.45) is 1.29. The van der Waals surface area contributed by atoms with Gasteiger partial charge in [0.05, 0.1) is 22.5 Å². The fourth-order valence-corrected chi connectivity index (χ4v) is 6.98. The Balaban J connectivity index is 1.45. The zero-order chi connectivity index (χ0) is 32.7. The summed E-state index contributed by atoms with van der Waals surface area (Å²) in [7, 11) is -2.22. The van der Waals surface area contributed by atoms with Crippen molar-refractivity contribution in [2.75, 3.05) is 30.6 Å². The average molecular weight is 649 g/mol. The van der Waals surface area contributed by atoms with Crippen LogP contribution in [0, 0.1) is 11.6 Å². The smallest absolute Gasteiger partial charge is 0.270 e. The van der Waals surface area contributed by atoms with Crippen LogP contribution in [0.2, 0.25) is 0 Å². The molecule has 0 unspecified atom stereocenters. The van der Waals surface area contributed by atoms with Crippen LogP contribution in [0.4, 0.5) is 14.5 Å². The van der Waals surface area contributed by atoms with Crippen LogP contribution in [0.15, 0.2) is 65.1 Å². The number of nitrogens with zero attached hydrogens (tertiary/aromatic N) is 2. The number of amides is 2. The predicted octanol–water partition coefficient (Wildman–Crippen LogP) is 6.49. The SMILES string of the molecule is CCn1c(C(=O)N2CCC[C@@H](c3cc4c(C(=O)NC)c(-c5ccc(F)cc5)oc4cc3NS(=O)(=O)CC)C2)cc2c(F)cccc21. The van der Waals surface area contributed by atoms with Gasteiger partial charge in [0.1, 0.15) is 28.7 Å². The van der Waals surface area contributed by atoms with Crippen molar-refractivity contribution in [2.45, 2.75) is 39.2 Å². The van der Waals surface area contributed by atoms with Gasteiger partial charge in [-0.15, -0.1) is 0 Å². The average Bonchev–Trinajstić information content (AvgIpc) is 3.63. The van der Waals surface area contributed by atoms with E-state index >= 15 is 0 Å². The lowest BCUT2D eigenvalue weighted by Crippen LogP contribution is -2.40. The summed E-state index contributed by atoms with van der Waals surface area (Å²) < 4.78 is 64.6. The molecule has 1 aliphatic heterocycles. The summed E-state index contributed by atoms with van der Waals surface area (Å²) >= 11 is 0. The Morgan fingerprint density at radius 1 is 1.02 bits per heavy atom. The Morgan fingerprint density at radius 2 is 1.78 bits per heavy atom. The lowest BCUT2D eigenvalue weighted by atomic mass is 9.88. The number of carbonyl (C=O) groups excluding carboxylic acids is 2. The largest absolute Gasteiger partial charge is 0.455 e. The molecule has 0 saturated carbocycles. The van der Waals surface area contributed by atoms with Gasteiger partial charge in [0.25, 0.3) is 11.8 Å². The van der Waals surface area contributed by atoms with Gasteiger partial charge in [-0.2, -0.15) is 0 Å². The van der Waals surface area contributed by atoms with Crippen molar-refractivity contribution >= 4 is 49.4 Å². The van der Waals surface area contributed by atoms with E-state index in [-0.39, 0.29) is 41.0 Å². The lowest BCUT2D eigenvalue weighted by Gasteiger charge is -2.34. The van der Waals surface area contributed by atoms with Crippen molar-refractivity contribution in [3.8, 4) is 11.3 Å². The summed E-state index contributed by atoms with van der Waals surface area (Å²) in [6, 6.07) is 15.2. The van der Waals surface area contributed by atoms with Crippen molar-refractivity contribution in [2.24, 2.45) is 0 Å². The number of nitrogens with one attached hydrogen (secondary N) is 2. The minimum absolute atomic E-state index is 0.166. The second-order valence-corrected chi connectivity index (χ2v) is 13.4. The first-order chi connectivity index (χ1) is 22.0. The molecule has 2 aromatic heterocycles. The van der Waals surface area contributed by atoms with Crippen LogP contribution in [-0.2, 0) is 16.6 Å². The molecule has 5 aromatic rings. The van der Waals surface area contributed by atoms with Gasteiger partial charge in [-0.05, 0) is 80.8 Å². The number of hydrogen-bond donors (Lipinski definition) is 2. The number of halogens is 2. The first-order valence-corrected chi connectivity index (χ1v) is 16.9. The van der Waals surface area contributed by atoms with Crippen LogP contribution >= 0.6 is 0 Å². The van der Waals surface area contributed by atoms with Gasteiger partial charge in [-0.25, -0.2) is 17.2 Å². The number of likely N-dealkylation sites (tertiary alicyclic amines) is 1. The normalized spacial score (nSPS) is 15.4. The molecule has 0 bridgehead atoms. The number of sulfonamides is 1. The quantitative estimate of drug-likeness (QED) is 0.200. The Hall–Kier alpha value is -4.71. The molecule has 3 aromatic carbocycles. The van der Waals surface area contributed by atoms with Crippen LogP contribution in [-0.4, -0.2) is 55.6 Å². The van der Waals surface area contributed by atoms with E-state index in [1.807, 2.05) is 6.92 Å². The van der Waals surface area contributed by atoms with Gasteiger partial charge in [-0.3, -0.25) is 14.3 Å². The first kappa shape index (κ1) is 31.3. The van der Waals surface area contributed by atoms with E-state index in [4.69, 9.17) is 4.42 Å². The molecule has 240 valence electrons. The van der Waals surface area contributed by atoms with Gasteiger partial charge >= 0.3 is 0 Å². The molecule has 1 aliphatic rings. The fourth-order valence-electron chi connectivity index (χ4n) is 6.32. The monoisotopic (exact) mass is 648 g/mol. The Morgan fingerprint density at radius 3 is 2.48 bits per heavy atom. The number of furan rings is 1. The molecule has 0 spiro atoms. The van der Waals surface area contributed by atoms with Gasteiger partial charge in [0, 0.05) is 55.0 Å². The summed E-state index contributed by atoms with van der Waals surface area (Å²) in [5.74, 6) is -1.76. The maximum absolute atomic E-state index is 14.6. The van der Waals surface area contributed by atoms with E-state index in [9.17, 15) is 26.8 Å². The second kappa shape index (κ2) is 12.2. The molecule has 1 saturated heterocycles. The molecule has 0 radical (unpaired) electrons. The molecule has 0 aliphatic carbocycles. The lowest BCUT2D eigenvalue weighted by molar-refractivity contribution is 0.0697. The van der Waals surface area contributed by atoms with Gasteiger partial charge in [0.2, 0.25) is 10.0 Å². The number of fused-ring (bicyclic) bond motifs is 2. The number of aryl methyl sites for hydroxylation is 1. The highest BCUT2D eigenvalue weighted by molar-refractivity contribution is 7.92. The van der Waals surface area contributed by atoms with Crippen LogP contribution < -0.4 is 10.0 Å². The molecule has 1 atom stereocenters. The van der Waals surface area contributed by atoms with Crippen LogP contribution in [0.3, 0.4) is 0 Å². The van der Waals surface area contributed by atoms with Crippen LogP contribution in [0.25, 0.3) is 33.2 Å². The number of carbonyl (C=O) groups is 2. The van der Waals surface area contributed by atoms with Gasteiger partial charge in [0.15, 0.2) is 0 Å². The highest BCUT2D eigenvalue weighted by atomic mass is 32.2. The molecule has 2 N–H and O–H groups in total. The molecule has 9 nitrogen and oxygen atoms in total. The van der Waals surface area contributed by atoms with E-state index in [0.29, 0.717) is 64.7 Å². The van der Waals surface area contributed by atoms with Crippen molar-refractivity contribution < 1.29 is 31.2 Å². The highest BCUT2D eigenvalue weighted by Crippen LogP contribution is 2.41. The highest BCUT2D eigenvalue weighted by Gasteiger charge is 2.32. The molecular weight excluding hydrogens is 614 g/mol. The molecule has 46 heavy (non-hydrogen) atoms. The second-order valence-electron chi connectivity index (χ2n) is 11.4. The summed E-state index contributed by atoms with van der Waals surface area (Å²) in [5, 5.41) is 3.47. The Labute approximate surface area is 265 Å². The van der Waals surface area contributed by atoms with Crippen molar-refractivity contribution in [3.63, 3.8) is 0 Å². The zero-order valence-electron chi connectivity index (χ0n) is 25.7. The molecule has 2 amide bonds. The van der Waals surface area contributed by atoms with Gasteiger partial charge in [-0.1, -0.05) is 6.07 Å². The molecule has 12 heteroatoms. The minimum Gasteiger partial charge on any atom is -0.455 e. The Bertz CT molecular complexity index is 2090. The topological polar surface area (TPSA) is 114 Å². The molecule has 6 rings (SSSR count). The van der Waals surface area contributed by atoms with E-state index < -0.39 is 27.6 Å². The number of rotatable bonds is 8. The van der Waals surface area contributed by atoms with Crippen molar-refractivity contribution in [1.82, 2.24) is 14.8 Å². The molecular formula is C34H34F2N4O5S. The first-order valence-electron chi connectivity index (χ1n) is 15.2. The third-order valence-electron chi connectivity index (χ3n) is 8.64. The third-order valence-corrected chi connectivity index (χ3v) is 9.93. The van der Waals surface area contributed by atoms with Crippen molar-refractivity contribution in [3.05, 3.63) is 89.1 Å². The van der Waals surface area contributed by atoms with E-state index in [1.54, 1.807) is 39.8 Å². The van der Waals surface area contributed by atoms with Crippen LogP contribution in [0.5, 0.6) is 0 Å². The standard InChI is InChI=1S/C34H34F2N4O5S/c1-4-40-28-10-6-9-26(36)24(28)17-29(40)34(42)39-15-7-8-21(19-39)23-16-25-30(18-27(23)38-46(43,44)5-2)45-32(31(25)33(41)37-3)20-11-13-22(35)14-12-20/h6,9-14,16-18,21,38H,4-5,7-8,15,19H2,1-3H3,(H,37,41)/t21-/m1/s1. The van der Waals surface area contributed by atoms with E-state index in [1.165, 1.54) is 44.3 Å².